The highest BCUT2D eigenvalue weighted by Gasteiger charge is 2.39. The van der Waals surface area contributed by atoms with Crippen molar-refractivity contribution in [3.05, 3.63) is 60.8 Å². The molecule has 26 heavy (non-hydrogen) atoms. The first kappa shape index (κ1) is 15.4. The van der Waals surface area contributed by atoms with E-state index in [0.717, 1.165) is 40.6 Å². The fourth-order valence-electron chi connectivity index (χ4n) is 3.43. The molecule has 2 heterocycles. The summed E-state index contributed by atoms with van der Waals surface area (Å²) in [6.07, 6.45) is 4.15. The summed E-state index contributed by atoms with van der Waals surface area (Å²) < 4.78 is 5.98. The number of benzene rings is 2. The van der Waals surface area contributed by atoms with Crippen molar-refractivity contribution in [1.29, 1.82) is 0 Å². The fourth-order valence-corrected chi connectivity index (χ4v) is 3.43. The van der Waals surface area contributed by atoms with E-state index in [-0.39, 0.29) is 6.10 Å². The average Bonchev–Trinajstić information content (AvgIpc) is 3.49. The number of pyridine rings is 1. The van der Waals surface area contributed by atoms with Crippen LogP contribution >= 0.6 is 0 Å². The van der Waals surface area contributed by atoms with Crippen LogP contribution in [-0.4, -0.2) is 35.0 Å². The second-order valence-electron chi connectivity index (χ2n) is 7.20. The van der Waals surface area contributed by atoms with Crippen molar-refractivity contribution in [3.63, 3.8) is 0 Å². The molecule has 0 bridgehead atoms. The molecule has 0 spiro atoms. The van der Waals surface area contributed by atoms with Gasteiger partial charge in [-0.1, -0.05) is 30.3 Å². The summed E-state index contributed by atoms with van der Waals surface area (Å²) in [6.45, 7) is 1.43. The Morgan fingerprint density at radius 3 is 2.54 bits per heavy atom. The molecule has 0 N–H and O–H groups in total. The van der Waals surface area contributed by atoms with Gasteiger partial charge in [0.1, 0.15) is 11.9 Å². The number of nitrogens with zero attached hydrogens (tertiary/aromatic N) is 2. The van der Waals surface area contributed by atoms with Crippen LogP contribution < -0.4 is 4.74 Å². The zero-order valence-corrected chi connectivity index (χ0v) is 14.5. The number of hydrogen-bond donors (Lipinski definition) is 0. The third-order valence-electron chi connectivity index (χ3n) is 5.17. The van der Waals surface area contributed by atoms with Crippen molar-refractivity contribution in [2.75, 3.05) is 13.1 Å². The van der Waals surface area contributed by atoms with Gasteiger partial charge in [0, 0.05) is 23.1 Å². The van der Waals surface area contributed by atoms with Crippen LogP contribution in [0.2, 0.25) is 0 Å². The van der Waals surface area contributed by atoms with E-state index in [9.17, 15) is 4.79 Å². The number of amides is 1. The summed E-state index contributed by atoms with van der Waals surface area (Å²) in [4.78, 5) is 18.4. The Balaban J connectivity index is 1.25. The van der Waals surface area contributed by atoms with Crippen LogP contribution in [0.15, 0.2) is 60.8 Å². The van der Waals surface area contributed by atoms with E-state index in [0.29, 0.717) is 24.9 Å². The van der Waals surface area contributed by atoms with Gasteiger partial charge in [0.2, 0.25) is 5.91 Å². The average molecular weight is 344 g/mol. The molecule has 0 atom stereocenters. The standard InChI is InChI=1S/C22H20N2O2/c25-22(16-5-6-16)24-13-20(14-24)26-19-9-7-15(8-10-19)18-11-17-3-1-2-4-21(17)23-12-18/h1-4,7-12,16,20H,5-6,13-14H2. The molecule has 2 fully saturated rings. The molecule has 1 saturated carbocycles. The van der Waals surface area contributed by atoms with Gasteiger partial charge in [-0.2, -0.15) is 0 Å². The lowest BCUT2D eigenvalue weighted by Gasteiger charge is -2.39. The van der Waals surface area contributed by atoms with Gasteiger partial charge in [0.05, 0.1) is 18.6 Å². The number of fused-ring (bicyclic) bond motifs is 1. The first-order chi connectivity index (χ1) is 12.8. The third-order valence-corrected chi connectivity index (χ3v) is 5.17. The maximum Gasteiger partial charge on any atom is 0.225 e. The lowest BCUT2D eigenvalue weighted by atomic mass is 10.1. The van der Waals surface area contributed by atoms with E-state index in [1.165, 1.54) is 0 Å². The number of carbonyl (C=O) groups excluding carboxylic acids is 1. The lowest BCUT2D eigenvalue weighted by molar-refractivity contribution is -0.141. The van der Waals surface area contributed by atoms with E-state index in [1.54, 1.807) is 0 Å². The summed E-state index contributed by atoms with van der Waals surface area (Å²) >= 11 is 0. The minimum absolute atomic E-state index is 0.117. The predicted molar refractivity (Wildman–Crippen MR) is 101 cm³/mol. The normalized spacial score (nSPS) is 17.2. The molecule has 1 saturated heterocycles. The summed E-state index contributed by atoms with van der Waals surface area (Å²) in [5, 5.41) is 1.14. The van der Waals surface area contributed by atoms with Crippen LogP contribution in [0.25, 0.3) is 22.0 Å². The second-order valence-corrected chi connectivity index (χ2v) is 7.20. The minimum Gasteiger partial charge on any atom is -0.487 e. The molecular weight excluding hydrogens is 324 g/mol. The number of ether oxygens (including phenoxy) is 1. The predicted octanol–water partition coefficient (Wildman–Crippen LogP) is 3.90. The molecule has 1 amide bonds. The van der Waals surface area contributed by atoms with Crippen LogP contribution in [0.1, 0.15) is 12.8 Å². The number of para-hydroxylation sites is 1. The molecule has 3 aromatic rings. The smallest absolute Gasteiger partial charge is 0.225 e. The first-order valence-electron chi connectivity index (χ1n) is 9.17. The van der Waals surface area contributed by atoms with Crippen LogP contribution in [0.3, 0.4) is 0 Å². The molecule has 5 rings (SSSR count). The topological polar surface area (TPSA) is 42.4 Å². The van der Waals surface area contributed by atoms with Gasteiger partial charge in [-0.3, -0.25) is 9.78 Å². The van der Waals surface area contributed by atoms with Crippen LogP contribution in [-0.2, 0) is 4.79 Å². The second kappa shape index (κ2) is 6.13. The molecule has 1 aliphatic heterocycles. The molecule has 4 heteroatoms. The van der Waals surface area contributed by atoms with E-state index >= 15 is 0 Å². The highest BCUT2D eigenvalue weighted by atomic mass is 16.5. The van der Waals surface area contributed by atoms with Gasteiger partial charge in [0.15, 0.2) is 0 Å². The third kappa shape index (κ3) is 2.92. The molecule has 1 aliphatic carbocycles. The Hall–Kier alpha value is -2.88. The van der Waals surface area contributed by atoms with E-state index in [1.807, 2.05) is 41.4 Å². The minimum atomic E-state index is 0.117. The zero-order valence-electron chi connectivity index (χ0n) is 14.5. The summed E-state index contributed by atoms with van der Waals surface area (Å²) in [6, 6.07) is 18.4. The number of likely N-dealkylation sites (tertiary alicyclic amines) is 1. The maximum atomic E-state index is 11.9. The van der Waals surface area contributed by atoms with Crippen molar-refractivity contribution in [2.24, 2.45) is 5.92 Å². The molecule has 0 unspecified atom stereocenters. The number of carbonyl (C=O) groups is 1. The number of hydrogen-bond acceptors (Lipinski definition) is 3. The molecule has 130 valence electrons. The molecule has 2 aliphatic rings. The van der Waals surface area contributed by atoms with Crippen LogP contribution in [0.5, 0.6) is 5.75 Å². The SMILES string of the molecule is O=C(C1CC1)N1CC(Oc2ccc(-c3cnc4ccccc4c3)cc2)C1. The Bertz CT molecular complexity index is 957. The largest absolute Gasteiger partial charge is 0.487 e. The van der Waals surface area contributed by atoms with Gasteiger partial charge in [-0.15, -0.1) is 0 Å². The fraction of sp³-hybridized carbons (Fsp3) is 0.273. The van der Waals surface area contributed by atoms with Crippen molar-refractivity contribution in [3.8, 4) is 16.9 Å². The van der Waals surface area contributed by atoms with Gasteiger partial charge in [-0.05, 0) is 42.7 Å². The van der Waals surface area contributed by atoms with Gasteiger partial charge in [-0.25, -0.2) is 0 Å². The Morgan fingerprint density at radius 2 is 1.77 bits per heavy atom. The Morgan fingerprint density at radius 1 is 1.00 bits per heavy atom. The van der Waals surface area contributed by atoms with Crippen LogP contribution in [0.4, 0.5) is 0 Å². The van der Waals surface area contributed by atoms with Gasteiger partial charge in [0.25, 0.3) is 0 Å². The van der Waals surface area contributed by atoms with Crippen molar-refractivity contribution in [1.82, 2.24) is 9.88 Å². The van der Waals surface area contributed by atoms with Gasteiger partial charge < -0.3 is 9.64 Å². The summed E-state index contributed by atoms with van der Waals surface area (Å²) in [5.74, 6) is 1.46. The maximum absolute atomic E-state index is 11.9. The quantitative estimate of drug-likeness (QED) is 0.721. The summed E-state index contributed by atoms with van der Waals surface area (Å²) in [7, 11) is 0. The first-order valence-corrected chi connectivity index (χ1v) is 9.17. The number of aromatic nitrogens is 1. The van der Waals surface area contributed by atoms with E-state index in [4.69, 9.17) is 4.74 Å². The Labute approximate surface area is 152 Å². The molecule has 4 nitrogen and oxygen atoms in total. The molecule has 0 radical (unpaired) electrons. The van der Waals surface area contributed by atoms with Gasteiger partial charge >= 0.3 is 0 Å². The molecule has 1 aromatic heterocycles. The highest BCUT2D eigenvalue weighted by Crippen LogP contribution is 2.33. The van der Waals surface area contributed by atoms with Crippen LogP contribution in [0, 0.1) is 5.92 Å². The molecule has 2 aromatic carbocycles. The van der Waals surface area contributed by atoms with Crippen molar-refractivity contribution >= 4 is 16.8 Å². The van der Waals surface area contributed by atoms with Crippen molar-refractivity contribution < 1.29 is 9.53 Å². The Kier molecular flexibility index (Phi) is 3.63. The zero-order chi connectivity index (χ0) is 17.5. The molecular formula is C22H20N2O2. The van der Waals surface area contributed by atoms with E-state index < -0.39 is 0 Å². The van der Waals surface area contributed by atoms with Crippen molar-refractivity contribution in [2.45, 2.75) is 18.9 Å². The number of rotatable bonds is 4. The highest BCUT2D eigenvalue weighted by molar-refractivity contribution is 5.83. The lowest BCUT2D eigenvalue weighted by Crippen LogP contribution is -2.56. The van der Waals surface area contributed by atoms with E-state index in [2.05, 4.69) is 29.2 Å². The monoisotopic (exact) mass is 344 g/mol. The summed E-state index contributed by atoms with van der Waals surface area (Å²) in [5.41, 5.74) is 3.22.